The largest absolute Gasteiger partial charge is 0.457 e. The Morgan fingerprint density at radius 2 is 1.26 bits per heavy atom. The van der Waals surface area contributed by atoms with E-state index in [1.54, 1.807) is 30.3 Å². The molecule has 0 radical (unpaired) electrons. The second-order valence-electron chi connectivity index (χ2n) is 5.09. The van der Waals surface area contributed by atoms with Gasteiger partial charge in [-0.05, 0) is 55.0 Å². The highest BCUT2D eigenvalue weighted by atomic mass is 16.5. The van der Waals surface area contributed by atoms with Crippen LogP contribution < -0.4 is 9.47 Å². The fraction of sp³-hybridized carbons (Fsp3) is 0.0500. The fourth-order valence-corrected chi connectivity index (χ4v) is 2.16. The van der Waals surface area contributed by atoms with Crippen molar-refractivity contribution < 1.29 is 14.3 Å². The molecule has 0 bridgehead atoms. The topological polar surface area (TPSA) is 35.5 Å². The lowest BCUT2D eigenvalue weighted by Gasteiger charge is -2.08. The molecule has 114 valence electrons. The molecule has 0 saturated carbocycles. The van der Waals surface area contributed by atoms with E-state index < -0.39 is 0 Å². The second-order valence-corrected chi connectivity index (χ2v) is 5.09. The van der Waals surface area contributed by atoms with Crippen LogP contribution in [0.25, 0.3) is 0 Å². The van der Waals surface area contributed by atoms with Gasteiger partial charge in [0, 0.05) is 0 Å². The molecule has 0 fully saturated rings. The molecule has 3 heteroatoms. The van der Waals surface area contributed by atoms with Crippen molar-refractivity contribution in [2.24, 2.45) is 0 Å². The van der Waals surface area contributed by atoms with E-state index in [-0.39, 0.29) is 5.97 Å². The van der Waals surface area contributed by atoms with Gasteiger partial charge in [-0.15, -0.1) is 0 Å². The third kappa shape index (κ3) is 3.77. The van der Waals surface area contributed by atoms with Crippen molar-refractivity contribution in [3.05, 3.63) is 90.0 Å². The van der Waals surface area contributed by atoms with Crippen LogP contribution in [0.15, 0.2) is 78.9 Å². The average molecular weight is 304 g/mol. The molecule has 0 unspecified atom stereocenters. The van der Waals surface area contributed by atoms with Crippen molar-refractivity contribution in [1.29, 1.82) is 0 Å². The smallest absolute Gasteiger partial charge is 0.343 e. The van der Waals surface area contributed by atoms with Gasteiger partial charge in [-0.3, -0.25) is 0 Å². The molecule has 3 rings (SSSR count). The van der Waals surface area contributed by atoms with E-state index in [0.717, 1.165) is 11.3 Å². The lowest BCUT2D eigenvalue weighted by Crippen LogP contribution is -2.09. The summed E-state index contributed by atoms with van der Waals surface area (Å²) in [6, 6.07) is 23.8. The third-order valence-corrected chi connectivity index (χ3v) is 3.38. The highest BCUT2D eigenvalue weighted by Gasteiger charge is 2.10. The minimum atomic E-state index is -0.361. The first-order valence-electron chi connectivity index (χ1n) is 7.33. The van der Waals surface area contributed by atoms with Gasteiger partial charge in [-0.1, -0.05) is 36.4 Å². The molecule has 0 aliphatic heterocycles. The zero-order chi connectivity index (χ0) is 16.1. The zero-order valence-electron chi connectivity index (χ0n) is 12.7. The van der Waals surface area contributed by atoms with Gasteiger partial charge in [0.2, 0.25) is 0 Å². The van der Waals surface area contributed by atoms with Gasteiger partial charge in [0.05, 0.1) is 5.56 Å². The second kappa shape index (κ2) is 6.79. The molecule has 0 aromatic heterocycles. The van der Waals surface area contributed by atoms with E-state index in [1.165, 1.54) is 0 Å². The van der Waals surface area contributed by atoms with Crippen LogP contribution in [0.2, 0.25) is 0 Å². The molecule has 0 atom stereocenters. The van der Waals surface area contributed by atoms with Crippen LogP contribution in [0.1, 0.15) is 15.9 Å². The Bertz CT molecular complexity index is 793. The summed E-state index contributed by atoms with van der Waals surface area (Å²) in [7, 11) is 0. The summed E-state index contributed by atoms with van der Waals surface area (Å²) >= 11 is 0. The van der Waals surface area contributed by atoms with E-state index in [9.17, 15) is 4.79 Å². The van der Waals surface area contributed by atoms with Gasteiger partial charge < -0.3 is 9.47 Å². The van der Waals surface area contributed by atoms with Crippen molar-refractivity contribution in [2.75, 3.05) is 0 Å². The molecular weight excluding hydrogens is 288 g/mol. The summed E-state index contributed by atoms with van der Waals surface area (Å²) in [5.74, 6) is 1.57. The standard InChI is InChI=1S/C20H16O3/c1-15-7-5-6-10-19(15)20(21)23-18-13-11-17(12-14-18)22-16-8-3-2-4-9-16/h2-14H,1H3. The molecule has 0 spiro atoms. The van der Waals surface area contributed by atoms with Crippen LogP contribution in [-0.2, 0) is 0 Å². The molecule has 3 aromatic carbocycles. The average Bonchev–Trinajstić information content (AvgIpc) is 2.58. The Hall–Kier alpha value is -3.07. The first kappa shape index (κ1) is 14.9. The van der Waals surface area contributed by atoms with Crippen molar-refractivity contribution in [2.45, 2.75) is 6.92 Å². The number of hydrogen-bond acceptors (Lipinski definition) is 3. The van der Waals surface area contributed by atoms with E-state index in [1.807, 2.05) is 55.5 Å². The Morgan fingerprint density at radius 3 is 1.96 bits per heavy atom. The van der Waals surface area contributed by atoms with Crippen LogP contribution in [0.3, 0.4) is 0 Å². The normalized spacial score (nSPS) is 10.1. The lowest BCUT2D eigenvalue weighted by molar-refractivity contribution is 0.0734. The maximum atomic E-state index is 12.2. The molecular formula is C20H16O3. The predicted molar refractivity (Wildman–Crippen MR) is 89.1 cm³/mol. The minimum absolute atomic E-state index is 0.361. The Morgan fingerprint density at radius 1 is 0.696 bits per heavy atom. The molecule has 0 aliphatic carbocycles. The maximum Gasteiger partial charge on any atom is 0.343 e. The van der Waals surface area contributed by atoms with Crippen molar-refractivity contribution in [3.8, 4) is 17.2 Å². The summed E-state index contributed by atoms with van der Waals surface area (Å²) < 4.78 is 11.1. The molecule has 0 N–H and O–H groups in total. The summed E-state index contributed by atoms with van der Waals surface area (Å²) in [6.45, 7) is 1.88. The SMILES string of the molecule is Cc1ccccc1C(=O)Oc1ccc(Oc2ccccc2)cc1. The number of para-hydroxylation sites is 1. The van der Waals surface area contributed by atoms with Gasteiger partial charge >= 0.3 is 5.97 Å². The van der Waals surface area contributed by atoms with Gasteiger partial charge in [0.1, 0.15) is 17.2 Å². The monoisotopic (exact) mass is 304 g/mol. The maximum absolute atomic E-state index is 12.2. The van der Waals surface area contributed by atoms with Crippen molar-refractivity contribution >= 4 is 5.97 Å². The van der Waals surface area contributed by atoms with E-state index >= 15 is 0 Å². The molecule has 0 saturated heterocycles. The number of esters is 1. The van der Waals surface area contributed by atoms with Gasteiger partial charge in [-0.2, -0.15) is 0 Å². The van der Waals surface area contributed by atoms with E-state index in [0.29, 0.717) is 17.1 Å². The number of hydrogen-bond donors (Lipinski definition) is 0. The quantitative estimate of drug-likeness (QED) is 0.502. The predicted octanol–water partition coefficient (Wildman–Crippen LogP) is 5.01. The summed E-state index contributed by atoms with van der Waals surface area (Å²) in [5.41, 5.74) is 1.46. The number of benzene rings is 3. The number of ether oxygens (including phenoxy) is 2. The highest BCUT2D eigenvalue weighted by Crippen LogP contribution is 2.24. The Kier molecular flexibility index (Phi) is 4.39. The number of carbonyl (C=O) groups excluding carboxylic acids is 1. The molecule has 3 nitrogen and oxygen atoms in total. The van der Waals surface area contributed by atoms with Gasteiger partial charge in [0.25, 0.3) is 0 Å². The highest BCUT2D eigenvalue weighted by molar-refractivity contribution is 5.92. The van der Waals surface area contributed by atoms with E-state index in [4.69, 9.17) is 9.47 Å². The minimum Gasteiger partial charge on any atom is -0.457 e. The zero-order valence-corrected chi connectivity index (χ0v) is 12.7. The number of rotatable bonds is 4. The Balaban J connectivity index is 1.68. The van der Waals surface area contributed by atoms with E-state index in [2.05, 4.69) is 0 Å². The fourth-order valence-electron chi connectivity index (χ4n) is 2.16. The van der Waals surface area contributed by atoms with Crippen molar-refractivity contribution in [3.63, 3.8) is 0 Å². The molecule has 0 heterocycles. The van der Waals surface area contributed by atoms with Crippen molar-refractivity contribution in [1.82, 2.24) is 0 Å². The first-order valence-corrected chi connectivity index (χ1v) is 7.33. The summed E-state index contributed by atoms with van der Waals surface area (Å²) in [6.07, 6.45) is 0. The van der Waals surface area contributed by atoms with Crippen LogP contribution in [0.5, 0.6) is 17.2 Å². The van der Waals surface area contributed by atoms with Crippen LogP contribution in [0, 0.1) is 6.92 Å². The Labute approximate surface area is 135 Å². The third-order valence-electron chi connectivity index (χ3n) is 3.38. The summed E-state index contributed by atoms with van der Waals surface area (Å²) in [5, 5.41) is 0. The van der Waals surface area contributed by atoms with Gasteiger partial charge in [-0.25, -0.2) is 4.79 Å². The molecule has 3 aromatic rings. The van der Waals surface area contributed by atoms with Gasteiger partial charge in [0.15, 0.2) is 0 Å². The number of aryl methyl sites for hydroxylation is 1. The summed E-state index contributed by atoms with van der Waals surface area (Å²) in [4.78, 5) is 12.2. The lowest BCUT2D eigenvalue weighted by atomic mass is 10.1. The molecule has 0 amide bonds. The van der Waals surface area contributed by atoms with Crippen LogP contribution >= 0.6 is 0 Å². The molecule has 0 aliphatic rings. The molecule has 23 heavy (non-hydrogen) atoms. The van der Waals surface area contributed by atoms with Crippen LogP contribution in [0.4, 0.5) is 0 Å². The number of carbonyl (C=O) groups is 1. The first-order chi connectivity index (χ1) is 11.2. The van der Waals surface area contributed by atoms with Crippen LogP contribution in [-0.4, -0.2) is 5.97 Å².